The number of benzene rings is 1. The molecule has 1 aliphatic rings. The number of methoxy groups -OCH3 is 1. The maximum atomic E-state index is 12.3. The molecule has 0 bridgehead atoms. The van der Waals surface area contributed by atoms with Crippen molar-refractivity contribution in [3.63, 3.8) is 0 Å². The van der Waals surface area contributed by atoms with Gasteiger partial charge in [-0.15, -0.1) is 0 Å². The average molecular weight is 386 g/mol. The van der Waals surface area contributed by atoms with Gasteiger partial charge in [0.15, 0.2) is 0 Å². The first-order valence-electron chi connectivity index (χ1n) is 9.24. The summed E-state index contributed by atoms with van der Waals surface area (Å²) in [6.07, 6.45) is 1.97. The van der Waals surface area contributed by atoms with E-state index in [9.17, 15) is 9.59 Å². The summed E-state index contributed by atoms with van der Waals surface area (Å²) in [4.78, 5) is 26.9. The predicted octanol–water partition coefficient (Wildman–Crippen LogP) is 1.16. The molecule has 1 unspecified atom stereocenters. The van der Waals surface area contributed by atoms with E-state index in [2.05, 4.69) is 15.5 Å². The number of aromatic nitrogens is 1. The van der Waals surface area contributed by atoms with Gasteiger partial charge in [0.25, 0.3) is 0 Å². The predicted molar refractivity (Wildman–Crippen MR) is 105 cm³/mol. The standard InChI is InChI=1S/C20H26N4O4/c1-23-8-4-7-17(23)18(24-9-11-28-12-10-24)14-21-19(25)20(26)22-15-5-3-6-16(13-15)27-2/h3-8,13,18H,9-12,14H2,1-2H3,(H,21,25)(H,22,26). The minimum atomic E-state index is -0.708. The number of carbonyl (C=O) groups is 2. The number of amides is 2. The quantitative estimate of drug-likeness (QED) is 0.728. The summed E-state index contributed by atoms with van der Waals surface area (Å²) in [6, 6.07) is 10.8. The van der Waals surface area contributed by atoms with Crippen LogP contribution in [0.4, 0.5) is 5.69 Å². The van der Waals surface area contributed by atoms with Gasteiger partial charge in [-0.3, -0.25) is 14.5 Å². The number of anilines is 1. The molecule has 2 heterocycles. The Bertz CT molecular complexity index is 814. The topological polar surface area (TPSA) is 84.8 Å². The Labute approximate surface area is 164 Å². The fraction of sp³-hybridized carbons (Fsp3) is 0.400. The number of nitrogens with zero attached hydrogens (tertiary/aromatic N) is 2. The Morgan fingerprint density at radius 3 is 2.64 bits per heavy atom. The Kier molecular flexibility index (Phi) is 6.67. The summed E-state index contributed by atoms with van der Waals surface area (Å²) in [5.74, 6) is -0.773. The largest absolute Gasteiger partial charge is 0.497 e. The molecule has 0 radical (unpaired) electrons. The van der Waals surface area contributed by atoms with Crippen molar-refractivity contribution in [2.45, 2.75) is 6.04 Å². The zero-order valence-electron chi connectivity index (χ0n) is 16.2. The smallest absolute Gasteiger partial charge is 0.313 e. The normalized spacial score (nSPS) is 15.6. The van der Waals surface area contributed by atoms with Crippen LogP contribution in [0.5, 0.6) is 5.75 Å². The molecule has 0 saturated carbocycles. The summed E-state index contributed by atoms with van der Waals surface area (Å²) >= 11 is 0. The second-order valence-corrected chi connectivity index (χ2v) is 6.60. The van der Waals surface area contributed by atoms with Crippen LogP contribution in [0.15, 0.2) is 42.6 Å². The first-order chi connectivity index (χ1) is 13.6. The fourth-order valence-corrected chi connectivity index (χ4v) is 3.29. The van der Waals surface area contributed by atoms with Crippen LogP contribution in [0.3, 0.4) is 0 Å². The Morgan fingerprint density at radius 1 is 1.18 bits per heavy atom. The highest BCUT2D eigenvalue weighted by molar-refractivity contribution is 6.39. The third-order valence-electron chi connectivity index (χ3n) is 4.80. The van der Waals surface area contributed by atoms with E-state index in [1.165, 1.54) is 0 Å². The van der Waals surface area contributed by atoms with E-state index in [1.807, 2.05) is 29.9 Å². The number of hydrogen-bond donors (Lipinski definition) is 2. The molecule has 0 aliphatic carbocycles. The minimum Gasteiger partial charge on any atom is -0.497 e. The van der Waals surface area contributed by atoms with Gasteiger partial charge in [-0.1, -0.05) is 6.07 Å². The molecule has 150 valence electrons. The molecule has 3 rings (SSSR count). The summed E-state index contributed by atoms with van der Waals surface area (Å²) in [6.45, 7) is 3.21. The SMILES string of the molecule is COc1cccc(NC(=O)C(=O)NCC(c2cccn2C)N2CCOCC2)c1. The van der Waals surface area contributed by atoms with Gasteiger partial charge in [0.05, 0.1) is 26.4 Å². The molecule has 0 spiro atoms. The highest BCUT2D eigenvalue weighted by atomic mass is 16.5. The van der Waals surface area contributed by atoms with E-state index in [0.29, 0.717) is 31.2 Å². The van der Waals surface area contributed by atoms with E-state index >= 15 is 0 Å². The molecule has 2 N–H and O–H groups in total. The zero-order valence-corrected chi connectivity index (χ0v) is 16.2. The first-order valence-corrected chi connectivity index (χ1v) is 9.24. The van der Waals surface area contributed by atoms with Gasteiger partial charge < -0.3 is 24.7 Å². The van der Waals surface area contributed by atoms with E-state index in [-0.39, 0.29) is 6.04 Å². The van der Waals surface area contributed by atoms with E-state index in [1.54, 1.807) is 31.4 Å². The van der Waals surface area contributed by atoms with E-state index in [0.717, 1.165) is 18.8 Å². The van der Waals surface area contributed by atoms with Gasteiger partial charge in [-0.25, -0.2) is 0 Å². The number of nitrogens with one attached hydrogen (secondary N) is 2. The van der Waals surface area contributed by atoms with Gasteiger partial charge in [0, 0.05) is 50.3 Å². The highest BCUT2D eigenvalue weighted by Gasteiger charge is 2.26. The lowest BCUT2D eigenvalue weighted by Gasteiger charge is -2.34. The lowest BCUT2D eigenvalue weighted by Crippen LogP contribution is -2.46. The fourth-order valence-electron chi connectivity index (χ4n) is 3.29. The van der Waals surface area contributed by atoms with Gasteiger partial charge >= 0.3 is 11.8 Å². The van der Waals surface area contributed by atoms with Crippen LogP contribution in [-0.2, 0) is 21.4 Å². The number of morpholine rings is 1. The number of rotatable bonds is 6. The van der Waals surface area contributed by atoms with Crippen molar-refractivity contribution in [1.82, 2.24) is 14.8 Å². The molecule has 1 aliphatic heterocycles. The molecule has 8 nitrogen and oxygen atoms in total. The molecule has 1 atom stereocenters. The zero-order chi connectivity index (χ0) is 19.9. The summed E-state index contributed by atoms with van der Waals surface area (Å²) in [7, 11) is 3.52. The Morgan fingerprint density at radius 2 is 1.96 bits per heavy atom. The molecular weight excluding hydrogens is 360 g/mol. The molecular formula is C20H26N4O4. The van der Waals surface area contributed by atoms with Crippen molar-refractivity contribution < 1.29 is 19.1 Å². The molecule has 1 aromatic heterocycles. The summed E-state index contributed by atoms with van der Waals surface area (Å²) in [5, 5.41) is 5.36. The van der Waals surface area contributed by atoms with Crippen LogP contribution < -0.4 is 15.4 Å². The number of ether oxygens (including phenoxy) is 2. The second kappa shape index (κ2) is 9.38. The van der Waals surface area contributed by atoms with E-state index < -0.39 is 11.8 Å². The third kappa shape index (κ3) is 4.90. The van der Waals surface area contributed by atoms with Crippen molar-refractivity contribution >= 4 is 17.5 Å². The van der Waals surface area contributed by atoms with Crippen LogP contribution in [0.25, 0.3) is 0 Å². The molecule has 2 amide bonds. The Hall–Kier alpha value is -2.84. The number of aryl methyl sites for hydroxylation is 1. The van der Waals surface area contributed by atoms with Crippen LogP contribution in [0, 0.1) is 0 Å². The van der Waals surface area contributed by atoms with Crippen LogP contribution in [0.2, 0.25) is 0 Å². The maximum Gasteiger partial charge on any atom is 0.313 e. The molecule has 1 saturated heterocycles. The average Bonchev–Trinajstić information content (AvgIpc) is 3.14. The second-order valence-electron chi connectivity index (χ2n) is 6.60. The lowest BCUT2D eigenvalue weighted by molar-refractivity contribution is -0.136. The number of carbonyl (C=O) groups excluding carboxylic acids is 2. The minimum absolute atomic E-state index is 0.0301. The van der Waals surface area contributed by atoms with Crippen LogP contribution in [0.1, 0.15) is 11.7 Å². The Balaban J connectivity index is 1.62. The molecule has 1 fully saturated rings. The van der Waals surface area contributed by atoms with Gasteiger partial charge in [-0.2, -0.15) is 0 Å². The summed E-state index contributed by atoms with van der Waals surface area (Å²) in [5.41, 5.74) is 1.59. The summed E-state index contributed by atoms with van der Waals surface area (Å²) < 4.78 is 12.6. The van der Waals surface area contributed by atoms with Crippen molar-refractivity contribution in [2.75, 3.05) is 45.3 Å². The van der Waals surface area contributed by atoms with E-state index in [4.69, 9.17) is 9.47 Å². The number of hydrogen-bond acceptors (Lipinski definition) is 5. The monoisotopic (exact) mass is 386 g/mol. The first kappa shape index (κ1) is 19.9. The van der Waals surface area contributed by atoms with Crippen LogP contribution in [-0.4, -0.2) is 61.2 Å². The molecule has 2 aromatic rings. The molecule has 28 heavy (non-hydrogen) atoms. The molecule has 1 aromatic carbocycles. The van der Waals surface area contributed by atoms with Crippen LogP contribution >= 0.6 is 0 Å². The van der Waals surface area contributed by atoms with Gasteiger partial charge in [0.1, 0.15) is 5.75 Å². The van der Waals surface area contributed by atoms with Crippen molar-refractivity contribution in [2.24, 2.45) is 7.05 Å². The van der Waals surface area contributed by atoms with Crippen molar-refractivity contribution in [3.05, 3.63) is 48.3 Å². The van der Waals surface area contributed by atoms with Crippen molar-refractivity contribution in [3.8, 4) is 5.75 Å². The maximum absolute atomic E-state index is 12.3. The van der Waals surface area contributed by atoms with Gasteiger partial charge in [-0.05, 0) is 24.3 Å². The van der Waals surface area contributed by atoms with Gasteiger partial charge in [0.2, 0.25) is 0 Å². The van der Waals surface area contributed by atoms with Crippen molar-refractivity contribution in [1.29, 1.82) is 0 Å². The lowest BCUT2D eigenvalue weighted by atomic mass is 10.1. The highest BCUT2D eigenvalue weighted by Crippen LogP contribution is 2.21. The molecule has 8 heteroatoms. The third-order valence-corrected chi connectivity index (χ3v) is 4.80.